The highest BCUT2D eigenvalue weighted by molar-refractivity contribution is 6.40. The van der Waals surface area contributed by atoms with Crippen molar-refractivity contribution in [3.63, 3.8) is 0 Å². The van der Waals surface area contributed by atoms with Gasteiger partial charge in [0.05, 0.1) is 21.5 Å². The molecule has 2 amide bonds. The SMILES string of the molecule is O=C(Nc1ccnc(NC(=O)[C@H]2C[C@H]2F)c1)c1c(Cl)cccc1Cl. The zero-order valence-corrected chi connectivity index (χ0v) is 13.7. The van der Waals surface area contributed by atoms with Crippen LogP contribution in [0.15, 0.2) is 36.5 Å². The number of halogens is 3. The molecule has 1 aliphatic carbocycles. The summed E-state index contributed by atoms with van der Waals surface area (Å²) in [7, 11) is 0. The van der Waals surface area contributed by atoms with Crippen molar-refractivity contribution >= 4 is 46.5 Å². The minimum absolute atomic E-state index is 0.154. The Morgan fingerprint density at radius 1 is 1.17 bits per heavy atom. The number of benzene rings is 1. The standard InChI is InChI=1S/C16H12Cl2FN3O2/c17-10-2-1-3-11(18)14(10)16(24)21-8-4-5-20-13(6-8)22-15(23)9-7-12(9)19/h1-6,9,12H,7H2,(H2,20,21,22,23,24)/t9-,12+/m0/s1. The average Bonchev–Trinajstić information content (AvgIpc) is 3.24. The molecule has 1 saturated carbocycles. The van der Waals surface area contributed by atoms with Crippen LogP contribution in [-0.2, 0) is 4.79 Å². The highest BCUT2D eigenvalue weighted by atomic mass is 35.5. The molecule has 1 fully saturated rings. The molecule has 1 aliphatic rings. The molecule has 0 bridgehead atoms. The zero-order chi connectivity index (χ0) is 17.3. The predicted octanol–water partition coefficient (Wildman–Crippen LogP) is 3.94. The summed E-state index contributed by atoms with van der Waals surface area (Å²) < 4.78 is 12.9. The van der Waals surface area contributed by atoms with Crippen molar-refractivity contribution in [2.75, 3.05) is 10.6 Å². The van der Waals surface area contributed by atoms with Crippen LogP contribution < -0.4 is 10.6 Å². The molecule has 0 spiro atoms. The van der Waals surface area contributed by atoms with Gasteiger partial charge in [0.25, 0.3) is 5.91 Å². The maximum atomic E-state index is 12.9. The van der Waals surface area contributed by atoms with Gasteiger partial charge in [0, 0.05) is 18.0 Å². The first kappa shape index (κ1) is 16.7. The van der Waals surface area contributed by atoms with Crippen LogP contribution in [0, 0.1) is 5.92 Å². The van der Waals surface area contributed by atoms with Crippen molar-refractivity contribution in [3.05, 3.63) is 52.1 Å². The molecule has 5 nitrogen and oxygen atoms in total. The maximum Gasteiger partial charge on any atom is 0.258 e. The Morgan fingerprint density at radius 3 is 2.46 bits per heavy atom. The molecule has 0 radical (unpaired) electrons. The van der Waals surface area contributed by atoms with E-state index in [1.165, 1.54) is 12.3 Å². The van der Waals surface area contributed by atoms with Gasteiger partial charge < -0.3 is 10.6 Å². The summed E-state index contributed by atoms with van der Waals surface area (Å²) in [6, 6.07) is 7.77. The number of pyridine rings is 1. The smallest absolute Gasteiger partial charge is 0.258 e. The third kappa shape index (κ3) is 3.66. The fraction of sp³-hybridized carbons (Fsp3) is 0.188. The van der Waals surface area contributed by atoms with Crippen LogP contribution in [0.1, 0.15) is 16.8 Å². The predicted molar refractivity (Wildman–Crippen MR) is 90.3 cm³/mol. The Kier molecular flexibility index (Phi) is 4.69. The number of aromatic nitrogens is 1. The lowest BCUT2D eigenvalue weighted by atomic mass is 10.2. The van der Waals surface area contributed by atoms with Gasteiger partial charge in [-0.1, -0.05) is 29.3 Å². The third-order valence-electron chi connectivity index (χ3n) is 3.51. The van der Waals surface area contributed by atoms with E-state index in [0.29, 0.717) is 5.69 Å². The minimum Gasteiger partial charge on any atom is -0.322 e. The average molecular weight is 368 g/mol. The van der Waals surface area contributed by atoms with Crippen LogP contribution >= 0.6 is 23.2 Å². The van der Waals surface area contributed by atoms with Crippen molar-refractivity contribution in [3.8, 4) is 0 Å². The summed E-state index contributed by atoms with van der Waals surface area (Å²) in [6.45, 7) is 0. The van der Waals surface area contributed by atoms with Crippen molar-refractivity contribution in [1.82, 2.24) is 4.98 Å². The van der Waals surface area contributed by atoms with E-state index in [1.54, 1.807) is 24.3 Å². The monoisotopic (exact) mass is 367 g/mol. The van der Waals surface area contributed by atoms with Crippen LogP contribution in [0.4, 0.5) is 15.9 Å². The number of carbonyl (C=O) groups is 2. The van der Waals surface area contributed by atoms with Gasteiger partial charge in [-0.2, -0.15) is 0 Å². The summed E-state index contributed by atoms with van der Waals surface area (Å²) in [6.07, 6.45) is 0.558. The lowest BCUT2D eigenvalue weighted by molar-refractivity contribution is -0.117. The molecule has 1 aromatic heterocycles. The van der Waals surface area contributed by atoms with Crippen LogP contribution in [0.5, 0.6) is 0 Å². The second kappa shape index (κ2) is 6.75. The normalized spacial score (nSPS) is 18.8. The maximum absolute atomic E-state index is 12.9. The number of hydrogen-bond donors (Lipinski definition) is 2. The molecular weight excluding hydrogens is 356 g/mol. The van der Waals surface area contributed by atoms with Crippen molar-refractivity contribution in [2.24, 2.45) is 5.92 Å². The molecule has 0 aliphatic heterocycles. The van der Waals surface area contributed by atoms with E-state index in [-0.39, 0.29) is 27.8 Å². The molecule has 3 rings (SSSR count). The summed E-state index contributed by atoms with van der Waals surface area (Å²) in [4.78, 5) is 28.0. The highest BCUT2D eigenvalue weighted by Gasteiger charge is 2.43. The molecule has 1 heterocycles. The van der Waals surface area contributed by atoms with Crippen molar-refractivity contribution in [2.45, 2.75) is 12.6 Å². The van der Waals surface area contributed by atoms with Crippen LogP contribution in [0.25, 0.3) is 0 Å². The molecule has 124 valence electrons. The highest BCUT2D eigenvalue weighted by Crippen LogP contribution is 2.34. The lowest BCUT2D eigenvalue weighted by Crippen LogP contribution is -2.17. The Morgan fingerprint density at radius 2 is 1.83 bits per heavy atom. The van der Waals surface area contributed by atoms with Gasteiger partial charge in [0.2, 0.25) is 5.91 Å². The second-order valence-electron chi connectivity index (χ2n) is 5.33. The molecule has 2 N–H and O–H groups in total. The van der Waals surface area contributed by atoms with E-state index in [1.807, 2.05) is 0 Å². The topological polar surface area (TPSA) is 71.1 Å². The number of anilines is 2. The van der Waals surface area contributed by atoms with Crippen LogP contribution in [0.2, 0.25) is 10.0 Å². The Labute approximate surface area is 147 Å². The fourth-order valence-electron chi connectivity index (χ4n) is 2.14. The summed E-state index contributed by atoms with van der Waals surface area (Å²) in [5.41, 5.74) is 0.551. The Hall–Kier alpha value is -2.18. The van der Waals surface area contributed by atoms with Gasteiger partial charge in [-0.05, 0) is 24.6 Å². The van der Waals surface area contributed by atoms with E-state index in [4.69, 9.17) is 23.2 Å². The molecule has 0 saturated heterocycles. The molecule has 24 heavy (non-hydrogen) atoms. The van der Waals surface area contributed by atoms with E-state index < -0.39 is 23.9 Å². The Bertz CT molecular complexity index is 795. The van der Waals surface area contributed by atoms with Crippen LogP contribution in [0.3, 0.4) is 0 Å². The number of carbonyl (C=O) groups excluding carboxylic acids is 2. The number of nitrogens with zero attached hydrogens (tertiary/aromatic N) is 1. The molecule has 0 unspecified atom stereocenters. The molecule has 8 heteroatoms. The summed E-state index contributed by atoms with van der Waals surface area (Å²) in [5.74, 6) is -1.30. The van der Waals surface area contributed by atoms with E-state index in [2.05, 4.69) is 15.6 Å². The molecular formula is C16H12Cl2FN3O2. The van der Waals surface area contributed by atoms with Crippen molar-refractivity contribution in [1.29, 1.82) is 0 Å². The quantitative estimate of drug-likeness (QED) is 0.859. The van der Waals surface area contributed by atoms with Gasteiger partial charge in [-0.25, -0.2) is 9.37 Å². The van der Waals surface area contributed by atoms with Gasteiger partial charge in [0.1, 0.15) is 12.0 Å². The second-order valence-corrected chi connectivity index (χ2v) is 6.14. The zero-order valence-electron chi connectivity index (χ0n) is 12.2. The first-order chi connectivity index (χ1) is 11.5. The van der Waals surface area contributed by atoms with Gasteiger partial charge >= 0.3 is 0 Å². The van der Waals surface area contributed by atoms with E-state index in [0.717, 1.165) is 0 Å². The summed E-state index contributed by atoms with van der Waals surface area (Å²) >= 11 is 12.0. The number of amides is 2. The third-order valence-corrected chi connectivity index (χ3v) is 4.14. The first-order valence-electron chi connectivity index (χ1n) is 7.12. The Balaban J connectivity index is 1.72. The number of nitrogens with one attached hydrogen (secondary N) is 2. The van der Waals surface area contributed by atoms with E-state index in [9.17, 15) is 14.0 Å². The minimum atomic E-state index is -1.09. The number of hydrogen-bond acceptors (Lipinski definition) is 3. The van der Waals surface area contributed by atoms with Crippen molar-refractivity contribution < 1.29 is 14.0 Å². The van der Waals surface area contributed by atoms with Gasteiger partial charge in [-0.3, -0.25) is 9.59 Å². The number of rotatable bonds is 4. The summed E-state index contributed by atoms with van der Waals surface area (Å²) in [5, 5.41) is 5.61. The first-order valence-corrected chi connectivity index (χ1v) is 7.87. The lowest BCUT2D eigenvalue weighted by Gasteiger charge is -2.10. The number of alkyl halides is 1. The van der Waals surface area contributed by atoms with Crippen LogP contribution in [-0.4, -0.2) is 23.0 Å². The van der Waals surface area contributed by atoms with E-state index >= 15 is 0 Å². The largest absolute Gasteiger partial charge is 0.322 e. The van der Waals surface area contributed by atoms with Gasteiger partial charge in [-0.15, -0.1) is 0 Å². The molecule has 1 aromatic carbocycles. The molecule has 2 aromatic rings. The fourth-order valence-corrected chi connectivity index (χ4v) is 2.71. The molecule has 2 atom stereocenters. The van der Waals surface area contributed by atoms with Gasteiger partial charge in [0.15, 0.2) is 0 Å².